The lowest BCUT2D eigenvalue weighted by molar-refractivity contribution is 0.210. The first-order chi connectivity index (χ1) is 9.22. The molecule has 1 heterocycles. The van der Waals surface area contributed by atoms with Crippen LogP contribution in [0.15, 0.2) is 24.3 Å². The van der Waals surface area contributed by atoms with Crippen molar-refractivity contribution in [1.29, 1.82) is 0 Å². The SMILES string of the molecule is Cc1[nH]c(=S)sc1-c1ccc(OC2CCCC2)cc1. The van der Waals surface area contributed by atoms with Crippen LogP contribution in [0.5, 0.6) is 5.75 Å². The van der Waals surface area contributed by atoms with Gasteiger partial charge in [-0.15, -0.1) is 11.3 Å². The fourth-order valence-corrected chi connectivity index (χ4v) is 3.81. The van der Waals surface area contributed by atoms with Gasteiger partial charge in [-0.25, -0.2) is 0 Å². The zero-order chi connectivity index (χ0) is 13.2. The van der Waals surface area contributed by atoms with Gasteiger partial charge >= 0.3 is 0 Å². The lowest BCUT2D eigenvalue weighted by Gasteiger charge is -2.13. The summed E-state index contributed by atoms with van der Waals surface area (Å²) in [5.74, 6) is 0.979. The molecule has 19 heavy (non-hydrogen) atoms. The summed E-state index contributed by atoms with van der Waals surface area (Å²) in [6, 6.07) is 8.36. The Morgan fingerprint density at radius 2 is 1.89 bits per heavy atom. The number of aromatic nitrogens is 1. The zero-order valence-corrected chi connectivity index (χ0v) is 12.6. The van der Waals surface area contributed by atoms with Crippen molar-refractivity contribution in [1.82, 2.24) is 4.98 Å². The number of H-pyrrole nitrogens is 1. The van der Waals surface area contributed by atoms with Crippen LogP contribution < -0.4 is 4.74 Å². The lowest BCUT2D eigenvalue weighted by atomic mass is 10.1. The Balaban J connectivity index is 1.78. The van der Waals surface area contributed by atoms with E-state index in [1.165, 1.54) is 36.1 Å². The Morgan fingerprint density at radius 3 is 2.47 bits per heavy atom. The maximum Gasteiger partial charge on any atom is 0.159 e. The highest BCUT2D eigenvalue weighted by Crippen LogP contribution is 2.30. The molecule has 100 valence electrons. The van der Waals surface area contributed by atoms with E-state index in [-0.39, 0.29) is 0 Å². The average Bonchev–Trinajstić information content (AvgIpc) is 3.00. The minimum absolute atomic E-state index is 0.418. The van der Waals surface area contributed by atoms with Crippen LogP contribution in [0.2, 0.25) is 0 Å². The van der Waals surface area contributed by atoms with Gasteiger partial charge < -0.3 is 9.72 Å². The second-order valence-corrected chi connectivity index (χ2v) is 6.70. The standard InChI is InChI=1S/C15H17NOS2/c1-10-14(19-15(18)16-10)11-6-8-13(9-7-11)17-12-4-2-3-5-12/h6-9,12H,2-5H2,1H3,(H,16,18). The summed E-state index contributed by atoms with van der Waals surface area (Å²) < 4.78 is 6.81. The Morgan fingerprint density at radius 1 is 1.21 bits per heavy atom. The van der Waals surface area contributed by atoms with E-state index < -0.39 is 0 Å². The molecule has 0 bridgehead atoms. The van der Waals surface area contributed by atoms with Crippen LogP contribution in [0, 0.1) is 10.9 Å². The van der Waals surface area contributed by atoms with Gasteiger partial charge in [0, 0.05) is 5.69 Å². The van der Waals surface area contributed by atoms with E-state index in [1.807, 2.05) is 0 Å². The topological polar surface area (TPSA) is 25.0 Å². The molecule has 0 saturated heterocycles. The predicted octanol–water partition coefficient (Wildman–Crippen LogP) is 5.10. The molecule has 2 aromatic rings. The van der Waals surface area contributed by atoms with E-state index in [0.29, 0.717) is 6.10 Å². The van der Waals surface area contributed by atoms with Crippen molar-refractivity contribution in [3.8, 4) is 16.2 Å². The molecule has 0 spiro atoms. The third-order valence-corrected chi connectivity index (χ3v) is 4.93. The molecular formula is C15H17NOS2. The van der Waals surface area contributed by atoms with Crippen LogP contribution in [0.25, 0.3) is 10.4 Å². The van der Waals surface area contributed by atoms with Crippen molar-refractivity contribution < 1.29 is 4.74 Å². The summed E-state index contributed by atoms with van der Waals surface area (Å²) in [5, 5.41) is 0. The van der Waals surface area contributed by atoms with Gasteiger partial charge in [0.2, 0.25) is 0 Å². The quantitative estimate of drug-likeness (QED) is 0.796. The molecule has 1 N–H and O–H groups in total. The summed E-state index contributed by atoms with van der Waals surface area (Å²) in [6.45, 7) is 2.06. The van der Waals surface area contributed by atoms with Crippen molar-refractivity contribution in [2.75, 3.05) is 0 Å². The van der Waals surface area contributed by atoms with Crippen LogP contribution in [0.4, 0.5) is 0 Å². The third kappa shape index (κ3) is 2.90. The molecular weight excluding hydrogens is 274 g/mol. The van der Waals surface area contributed by atoms with Crippen LogP contribution >= 0.6 is 23.6 Å². The summed E-state index contributed by atoms with van der Waals surface area (Å²) in [5.41, 5.74) is 2.34. The normalized spacial score (nSPS) is 15.8. The highest BCUT2D eigenvalue weighted by Gasteiger charge is 2.16. The number of aromatic amines is 1. The van der Waals surface area contributed by atoms with Crippen molar-refractivity contribution in [3.05, 3.63) is 33.9 Å². The number of nitrogens with one attached hydrogen (secondary N) is 1. The fourth-order valence-electron chi connectivity index (χ4n) is 2.56. The average molecular weight is 291 g/mol. The van der Waals surface area contributed by atoms with Gasteiger partial charge in [-0.3, -0.25) is 0 Å². The first-order valence-electron chi connectivity index (χ1n) is 6.69. The Labute approximate surface area is 122 Å². The number of aryl methyl sites for hydroxylation is 1. The van der Waals surface area contributed by atoms with Gasteiger partial charge in [-0.05, 0) is 74.7 Å². The van der Waals surface area contributed by atoms with Crippen LogP contribution in [-0.4, -0.2) is 11.1 Å². The molecule has 0 radical (unpaired) electrons. The number of ether oxygens (including phenoxy) is 1. The van der Waals surface area contributed by atoms with E-state index in [9.17, 15) is 0 Å². The molecule has 2 nitrogen and oxygen atoms in total. The van der Waals surface area contributed by atoms with Crippen molar-refractivity contribution >= 4 is 23.6 Å². The predicted molar refractivity (Wildman–Crippen MR) is 82.6 cm³/mol. The van der Waals surface area contributed by atoms with E-state index in [1.54, 1.807) is 11.3 Å². The highest BCUT2D eigenvalue weighted by molar-refractivity contribution is 7.73. The molecule has 0 amide bonds. The summed E-state index contributed by atoms with van der Waals surface area (Å²) in [6.07, 6.45) is 5.41. The molecule has 1 aromatic heterocycles. The molecule has 1 fully saturated rings. The van der Waals surface area contributed by atoms with Crippen molar-refractivity contribution in [2.45, 2.75) is 38.7 Å². The number of hydrogen-bond donors (Lipinski definition) is 1. The first-order valence-corrected chi connectivity index (χ1v) is 7.91. The molecule has 0 unspecified atom stereocenters. The fraction of sp³-hybridized carbons (Fsp3) is 0.400. The Hall–Kier alpha value is -1.13. The van der Waals surface area contributed by atoms with Crippen LogP contribution in [0.3, 0.4) is 0 Å². The van der Waals surface area contributed by atoms with Crippen LogP contribution in [0.1, 0.15) is 31.4 Å². The Kier molecular flexibility index (Phi) is 3.71. The lowest BCUT2D eigenvalue weighted by Crippen LogP contribution is -2.10. The second-order valence-electron chi connectivity index (χ2n) is 5.02. The van der Waals surface area contributed by atoms with E-state index in [4.69, 9.17) is 17.0 Å². The van der Waals surface area contributed by atoms with Gasteiger partial charge in [-0.1, -0.05) is 0 Å². The molecule has 1 aliphatic carbocycles. The molecule has 3 rings (SSSR count). The third-order valence-electron chi connectivity index (χ3n) is 3.55. The molecule has 1 saturated carbocycles. The van der Waals surface area contributed by atoms with E-state index >= 15 is 0 Å². The summed E-state index contributed by atoms with van der Waals surface area (Å²) in [4.78, 5) is 4.40. The smallest absolute Gasteiger partial charge is 0.159 e. The van der Waals surface area contributed by atoms with Gasteiger partial charge in [-0.2, -0.15) is 0 Å². The second kappa shape index (κ2) is 5.47. The highest BCUT2D eigenvalue weighted by atomic mass is 32.1. The molecule has 0 atom stereocenters. The minimum atomic E-state index is 0.418. The molecule has 1 aliphatic rings. The van der Waals surface area contributed by atoms with Crippen molar-refractivity contribution in [3.63, 3.8) is 0 Å². The van der Waals surface area contributed by atoms with Crippen molar-refractivity contribution in [2.24, 2.45) is 0 Å². The van der Waals surface area contributed by atoms with Crippen LogP contribution in [-0.2, 0) is 0 Å². The van der Waals surface area contributed by atoms with Gasteiger partial charge in [0.1, 0.15) is 5.75 Å². The van der Waals surface area contributed by atoms with Gasteiger partial charge in [0.15, 0.2) is 3.95 Å². The van der Waals surface area contributed by atoms with Gasteiger partial charge in [0.25, 0.3) is 0 Å². The number of thiazole rings is 1. The van der Waals surface area contributed by atoms with E-state index in [2.05, 4.69) is 36.2 Å². The number of benzene rings is 1. The minimum Gasteiger partial charge on any atom is -0.490 e. The summed E-state index contributed by atoms with van der Waals surface area (Å²) >= 11 is 6.80. The number of hydrogen-bond acceptors (Lipinski definition) is 3. The number of rotatable bonds is 3. The monoisotopic (exact) mass is 291 g/mol. The largest absolute Gasteiger partial charge is 0.490 e. The molecule has 0 aliphatic heterocycles. The molecule has 1 aromatic carbocycles. The van der Waals surface area contributed by atoms with E-state index in [0.717, 1.165) is 15.4 Å². The Bertz CT molecular complexity index is 606. The van der Waals surface area contributed by atoms with Gasteiger partial charge in [0.05, 0.1) is 11.0 Å². The first kappa shape index (κ1) is 12.9. The molecule has 4 heteroatoms. The maximum atomic E-state index is 5.98. The maximum absolute atomic E-state index is 5.98. The summed E-state index contributed by atoms with van der Waals surface area (Å²) in [7, 11) is 0. The zero-order valence-electron chi connectivity index (χ0n) is 10.9.